The predicted molar refractivity (Wildman–Crippen MR) is 75.7 cm³/mol. The number of anilines is 2. The molecule has 0 radical (unpaired) electrons. The SMILES string of the molecule is CCCc1nc(Cl)cc(Nc2cc(Cl)ccc2F)n1. The number of aryl methyl sites for hydroxylation is 1. The summed E-state index contributed by atoms with van der Waals surface area (Å²) in [6.07, 6.45) is 1.62. The fourth-order valence-corrected chi connectivity index (χ4v) is 1.97. The van der Waals surface area contributed by atoms with Crippen molar-refractivity contribution in [1.29, 1.82) is 0 Å². The second-order valence-electron chi connectivity index (χ2n) is 3.99. The van der Waals surface area contributed by atoms with Crippen LogP contribution in [0.3, 0.4) is 0 Å². The number of aromatic nitrogens is 2. The van der Waals surface area contributed by atoms with E-state index in [-0.39, 0.29) is 5.69 Å². The molecule has 1 heterocycles. The lowest BCUT2D eigenvalue weighted by Crippen LogP contribution is -2.01. The third kappa shape index (κ3) is 3.78. The first-order chi connectivity index (χ1) is 9.08. The Kier molecular flexibility index (Phi) is 4.56. The summed E-state index contributed by atoms with van der Waals surface area (Å²) in [5.74, 6) is 0.667. The highest BCUT2D eigenvalue weighted by atomic mass is 35.5. The lowest BCUT2D eigenvalue weighted by molar-refractivity contribution is 0.631. The van der Waals surface area contributed by atoms with Gasteiger partial charge in [0.25, 0.3) is 0 Å². The largest absolute Gasteiger partial charge is 0.338 e. The van der Waals surface area contributed by atoms with Gasteiger partial charge in [0.15, 0.2) is 0 Å². The van der Waals surface area contributed by atoms with Crippen LogP contribution in [0.25, 0.3) is 0 Å². The molecule has 1 aromatic carbocycles. The average molecular weight is 300 g/mol. The van der Waals surface area contributed by atoms with Crippen LogP contribution in [0.15, 0.2) is 24.3 Å². The van der Waals surface area contributed by atoms with Crippen LogP contribution in [0.4, 0.5) is 15.9 Å². The van der Waals surface area contributed by atoms with Gasteiger partial charge in [-0.1, -0.05) is 30.1 Å². The first kappa shape index (κ1) is 14.0. The number of halogens is 3. The molecule has 2 rings (SSSR count). The fraction of sp³-hybridized carbons (Fsp3) is 0.231. The van der Waals surface area contributed by atoms with E-state index in [4.69, 9.17) is 23.2 Å². The fourth-order valence-electron chi connectivity index (χ4n) is 1.60. The molecule has 0 atom stereocenters. The number of rotatable bonds is 4. The summed E-state index contributed by atoms with van der Waals surface area (Å²) >= 11 is 11.7. The molecule has 0 amide bonds. The highest BCUT2D eigenvalue weighted by molar-refractivity contribution is 6.31. The van der Waals surface area contributed by atoms with Gasteiger partial charge >= 0.3 is 0 Å². The Morgan fingerprint density at radius 2 is 2.00 bits per heavy atom. The Bertz CT molecular complexity index is 590. The first-order valence-electron chi connectivity index (χ1n) is 5.84. The molecule has 0 unspecified atom stereocenters. The highest BCUT2D eigenvalue weighted by Crippen LogP contribution is 2.23. The van der Waals surface area contributed by atoms with E-state index in [1.807, 2.05) is 6.92 Å². The van der Waals surface area contributed by atoms with Crippen LogP contribution in [0.1, 0.15) is 19.2 Å². The Balaban J connectivity index is 2.29. The topological polar surface area (TPSA) is 37.8 Å². The summed E-state index contributed by atoms with van der Waals surface area (Å²) < 4.78 is 13.6. The van der Waals surface area contributed by atoms with Crippen LogP contribution in [0.2, 0.25) is 10.2 Å². The quantitative estimate of drug-likeness (QED) is 0.837. The standard InChI is InChI=1S/C13H12Cl2FN3/c1-2-3-12-18-11(15)7-13(19-12)17-10-6-8(14)4-5-9(10)16/h4-7H,2-3H2,1H3,(H,17,18,19). The van der Waals surface area contributed by atoms with E-state index in [2.05, 4.69) is 15.3 Å². The van der Waals surface area contributed by atoms with E-state index in [0.29, 0.717) is 28.2 Å². The van der Waals surface area contributed by atoms with Gasteiger partial charge in [-0.3, -0.25) is 0 Å². The molecule has 2 aromatic rings. The van der Waals surface area contributed by atoms with Gasteiger partial charge in [-0.25, -0.2) is 14.4 Å². The molecular weight excluding hydrogens is 288 g/mol. The summed E-state index contributed by atoms with van der Waals surface area (Å²) in [4.78, 5) is 8.37. The lowest BCUT2D eigenvalue weighted by Gasteiger charge is -2.09. The molecule has 0 aliphatic heterocycles. The van der Waals surface area contributed by atoms with Gasteiger partial charge in [-0.15, -0.1) is 0 Å². The summed E-state index contributed by atoms with van der Waals surface area (Å²) in [5.41, 5.74) is 0.254. The maximum absolute atomic E-state index is 13.6. The van der Waals surface area contributed by atoms with E-state index >= 15 is 0 Å². The number of nitrogens with one attached hydrogen (secondary N) is 1. The summed E-state index contributed by atoms with van der Waals surface area (Å²) in [6, 6.07) is 5.81. The molecule has 1 N–H and O–H groups in total. The number of hydrogen-bond acceptors (Lipinski definition) is 3. The van der Waals surface area contributed by atoms with Crippen LogP contribution in [-0.2, 0) is 6.42 Å². The molecule has 0 saturated heterocycles. The van der Waals surface area contributed by atoms with E-state index in [1.165, 1.54) is 18.2 Å². The van der Waals surface area contributed by atoms with Gasteiger partial charge in [0.1, 0.15) is 22.6 Å². The van der Waals surface area contributed by atoms with Crippen molar-refractivity contribution in [2.75, 3.05) is 5.32 Å². The maximum atomic E-state index is 13.6. The van der Waals surface area contributed by atoms with Crippen molar-refractivity contribution in [2.45, 2.75) is 19.8 Å². The molecule has 3 nitrogen and oxygen atoms in total. The van der Waals surface area contributed by atoms with Crippen molar-refractivity contribution in [3.8, 4) is 0 Å². The first-order valence-corrected chi connectivity index (χ1v) is 6.59. The third-order valence-electron chi connectivity index (χ3n) is 2.41. The van der Waals surface area contributed by atoms with Gasteiger partial charge in [0, 0.05) is 17.5 Å². The second kappa shape index (κ2) is 6.17. The van der Waals surface area contributed by atoms with Crippen molar-refractivity contribution in [1.82, 2.24) is 9.97 Å². The van der Waals surface area contributed by atoms with Crippen LogP contribution in [-0.4, -0.2) is 9.97 Å². The Labute approximate surface area is 120 Å². The third-order valence-corrected chi connectivity index (χ3v) is 2.83. The van der Waals surface area contributed by atoms with Crippen LogP contribution in [0.5, 0.6) is 0 Å². The zero-order chi connectivity index (χ0) is 13.8. The van der Waals surface area contributed by atoms with Crippen molar-refractivity contribution in [2.24, 2.45) is 0 Å². The number of nitrogens with zero attached hydrogens (tertiary/aromatic N) is 2. The average Bonchev–Trinajstić information content (AvgIpc) is 2.33. The number of hydrogen-bond donors (Lipinski definition) is 1. The Morgan fingerprint density at radius 1 is 1.21 bits per heavy atom. The smallest absolute Gasteiger partial charge is 0.146 e. The minimum Gasteiger partial charge on any atom is -0.338 e. The molecule has 0 spiro atoms. The van der Waals surface area contributed by atoms with Crippen LogP contribution >= 0.6 is 23.2 Å². The lowest BCUT2D eigenvalue weighted by atomic mass is 10.3. The van der Waals surface area contributed by atoms with E-state index in [0.717, 1.165) is 6.42 Å². The molecule has 19 heavy (non-hydrogen) atoms. The molecular formula is C13H12Cl2FN3. The van der Waals surface area contributed by atoms with Crippen molar-refractivity contribution < 1.29 is 4.39 Å². The Morgan fingerprint density at radius 3 is 2.74 bits per heavy atom. The van der Waals surface area contributed by atoms with E-state index < -0.39 is 5.82 Å². The Hall–Kier alpha value is -1.39. The number of benzene rings is 1. The molecule has 1 aromatic heterocycles. The molecule has 6 heteroatoms. The molecule has 0 aliphatic rings. The van der Waals surface area contributed by atoms with E-state index in [9.17, 15) is 4.39 Å². The summed E-state index contributed by atoms with van der Waals surface area (Å²) in [7, 11) is 0. The van der Waals surface area contributed by atoms with Gasteiger partial charge in [-0.05, 0) is 24.6 Å². The van der Waals surface area contributed by atoms with Gasteiger partial charge in [0.05, 0.1) is 5.69 Å². The van der Waals surface area contributed by atoms with Gasteiger partial charge in [-0.2, -0.15) is 0 Å². The summed E-state index contributed by atoms with van der Waals surface area (Å²) in [6.45, 7) is 2.02. The predicted octanol–water partition coefficient (Wildman–Crippen LogP) is 4.62. The normalized spacial score (nSPS) is 10.5. The monoisotopic (exact) mass is 299 g/mol. The zero-order valence-electron chi connectivity index (χ0n) is 10.3. The highest BCUT2D eigenvalue weighted by Gasteiger charge is 2.07. The van der Waals surface area contributed by atoms with E-state index in [1.54, 1.807) is 6.07 Å². The molecule has 0 bridgehead atoms. The van der Waals surface area contributed by atoms with Crippen molar-refractivity contribution in [3.63, 3.8) is 0 Å². The van der Waals surface area contributed by atoms with Gasteiger partial charge in [0.2, 0.25) is 0 Å². The van der Waals surface area contributed by atoms with Crippen LogP contribution < -0.4 is 5.32 Å². The zero-order valence-corrected chi connectivity index (χ0v) is 11.8. The summed E-state index contributed by atoms with van der Waals surface area (Å²) in [5, 5.41) is 3.62. The van der Waals surface area contributed by atoms with Gasteiger partial charge < -0.3 is 5.32 Å². The molecule has 0 fully saturated rings. The molecule has 0 saturated carbocycles. The van der Waals surface area contributed by atoms with Crippen LogP contribution in [0, 0.1) is 5.82 Å². The van der Waals surface area contributed by atoms with Crippen molar-refractivity contribution in [3.05, 3.63) is 46.1 Å². The minimum atomic E-state index is -0.406. The second-order valence-corrected chi connectivity index (χ2v) is 4.81. The minimum absolute atomic E-state index is 0.254. The molecule has 100 valence electrons. The molecule has 0 aliphatic carbocycles. The maximum Gasteiger partial charge on any atom is 0.146 e. The van der Waals surface area contributed by atoms with Crippen molar-refractivity contribution >= 4 is 34.7 Å².